The van der Waals surface area contributed by atoms with Crippen LogP contribution in [0.15, 0.2) is 28.7 Å². The lowest BCUT2D eigenvalue weighted by Gasteiger charge is -2.21. The van der Waals surface area contributed by atoms with E-state index < -0.39 is 21.4 Å². The molecule has 0 aliphatic rings. The molecule has 1 aromatic carbocycles. The molecule has 1 rings (SSSR count). The predicted octanol–water partition coefficient (Wildman–Crippen LogP) is 1.49. The summed E-state index contributed by atoms with van der Waals surface area (Å²) in [7, 11) is -5.82. The van der Waals surface area contributed by atoms with E-state index in [0.717, 1.165) is 18.8 Å². The number of halogens is 3. The van der Waals surface area contributed by atoms with Crippen molar-refractivity contribution in [3.05, 3.63) is 29.8 Å². The van der Waals surface area contributed by atoms with Gasteiger partial charge in [-0.2, -0.15) is 26.0 Å². The number of hydrogen-bond donors (Lipinski definition) is 0. The van der Waals surface area contributed by atoms with Gasteiger partial charge in [-0.1, -0.05) is 12.1 Å². The summed E-state index contributed by atoms with van der Waals surface area (Å²) in [6.45, 7) is 5.29. The topological polar surface area (TPSA) is 72.8 Å². The zero-order valence-corrected chi connectivity index (χ0v) is 12.2. The van der Waals surface area contributed by atoms with E-state index >= 15 is 0 Å². The Morgan fingerprint density at radius 3 is 2.05 bits per heavy atom. The lowest BCUT2D eigenvalue weighted by Crippen LogP contribution is -2.27. The summed E-state index contributed by atoms with van der Waals surface area (Å²) < 4.78 is 60.2. The molecule has 0 heterocycles. The Hall–Kier alpha value is -1.77. The molecule has 0 aliphatic heterocycles. The average Bonchev–Trinajstić information content (AvgIpc) is 2.39. The van der Waals surface area contributed by atoms with Gasteiger partial charge in [0.2, 0.25) is 0 Å². The number of benzene rings is 1. The number of anilines is 1. The van der Waals surface area contributed by atoms with Crippen LogP contribution in [0, 0.1) is 0 Å². The Labute approximate surface area is 120 Å². The Morgan fingerprint density at radius 1 is 1.19 bits per heavy atom. The first-order chi connectivity index (χ1) is 9.62. The highest BCUT2D eigenvalue weighted by atomic mass is 32.2. The van der Waals surface area contributed by atoms with Crippen LogP contribution in [0.4, 0.5) is 18.9 Å². The fourth-order valence-electron chi connectivity index (χ4n) is 1.62. The van der Waals surface area contributed by atoms with E-state index in [-0.39, 0.29) is 5.56 Å². The van der Waals surface area contributed by atoms with Crippen molar-refractivity contribution >= 4 is 21.6 Å². The fourth-order valence-corrected chi connectivity index (χ4v) is 2.04. The van der Waals surface area contributed by atoms with E-state index in [2.05, 4.69) is 4.40 Å². The maximum Gasteiger partial charge on any atom is 0.518 e. The molecule has 0 aliphatic carbocycles. The second-order valence-electron chi connectivity index (χ2n) is 4.04. The fraction of sp³-hybridized carbons (Fsp3) is 0.417. The second kappa shape index (κ2) is 6.33. The van der Waals surface area contributed by atoms with Crippen molar-refractivity contribution in [1.82, 2.24) is 0 Å². The minimum Gasteiger partial charge on any atom is -0.858 e. The molecule has 0 radical (unpaired) electrons. The van der Waals surface area contributed by atoms with Gasteiger partial charge in [0.1, 0.15) is 0 Å². The molecule has 0 spiro atoms. The van der Waals surface area contributed by atoms with Crippen LogP contribution in [0.3, 0.4) is 0 Å². The van der Waals surface area contributed by atoms with Gasteiger partial charge in [-0.3, -0.25) is 0 Å². The minimum absolute atomic E-state index is 0.223. The molecular formula is C12H14F3N2O3S-. The summed E-state index contributed by atoms with van der Waals surface area (Å²) >= 11 is 0. The average molecular weight is 323 g/mol. The Morgan fingerprint density at radius 2 is 1.67 bits per heavy atom. The number of alkyl halides is 3. The van der Waals surface area contributed by atoms with Crippen molar-refractivity contribution in [2.45, 2.75) is 19.4 Å². The molecular weight excluding hydrogens is 309 g/mol. The molecule has 118 valence electrons. The standard InChI is InChI=1S/C12H15F3N2O3S/c1-3-17(4-2)10-7-5-9(6-8-10)11(18)16-21(19,20)12(13,14)15/h5-8H,3-4H2,1-2H3,(H,16,18)/p-1. The molecule has 5 nitrogen and oxygen atoms in total. The molecule has 0 fully saturated rings. The molecule has 1 aromatic rings. The summed E-state index contributed by atoms with van der Waals surface area (Å²) in [5.74, 6) is -1.45. The van der Waals surface area contributed by atoms with Crippen LogP contribution >= 0.6 is 0 Å². The van der Waals surface area contributed by atoms with Gasteiger partial charge in [-0.05, 0) is 31.5 Å². The van der Waals surface area contributed by atoms with E-state index in [1.54, 1.807) is 0 Å². The first kappa shape index (κ1) is 17.3. The first-order valence-corrected chi connectivity index (χ1v) is 7.50. The first-order valence-electron chi connectivity index (χ1n) is 6.06. The number of hydrogen-bond acceptors (Lipinski definition) is 4. The molecule has 0 bridgehead atoms. The molecule has 21 heavy (non-hydrogen) atoms. The zero-order valence-electron chi connectivity index (χ0n) is 11.4. The third-order valence-corrected chi connectivity index (χ3v) is 3.73. The van der Waals surface area contributed by atoms with Crippen molar-refractivity contribution in [3.63, 3.8) is 0 Å². The third-order valence-electron chi connectivity index (χ3n) is 2.74. The van der Waals surface area contributed by atoms with Gasteiger partial charge >= 0.3 is 15.5 Å². The molecule has 9 heteroatoms. The molecule has 0 aromatic heterocycles. The highest BCUT2D eigenvalue weighted by Gasteiger charge is 2.45. The maximum atomic E-state index is 12.1. The van der Waals surface area contributed by atoms with Crippen LogP contribution in [-0.2, 0) is 10.0 Å². The largest absolute Gasteiger partial charge is 0.858 e. The van der Waals surface area contributed by atoms with E-state index in [4.69, 9.17) is 0 Å². The molecule has 0 N–H and O–H groups in total. The quantitative estimate of drug-likeness (QED) is 0.608. The van der Waals surface area contributed by atoms with Crippen LogP contribution in [0.1, 0.15) is 19.4 Å². The van der Waals surface area contributed by atoms with Crippen LogP contribution in [0.5, 0.6) is 0 Å². The summed E-state index contributed by atoms with van der Waals surface area (Å²) in [6, 6.07) is 5.53. The second-order valence-corrected chi connectivity index (χ2v) is 5.63. The highest BCUT2D eigenvalue weighted by molar-refractivity contribution is 7.91. The van der Waals surface area contributed by atoms with Gasteiger partial charge in [-0.15, -0.1) is 0 Å². The SMILES string of the molecule is CCN(CC)c1ccc(/C([O-])=N/S(=O)(=O)C(F)(F)F)cc1. The lowest BCUT2D eigenvalue weighted by molar-refractivity contribution is -0.212. The Balaban J connectivity index is 3.08. The summed E-state index contributed by atoms with van der Waals surface area (Å²) in [5, 5.41) is 11.5. The summed E-state index contributed by atoms with van der Waals surface area (Å²) in [5.41, 5.74) is -5.03. The van der Waals surface area contributed by atoms with Gasteiger partial charge in [0.15, 0.2) is 0 Å². The molecule has 0 atom stereocenters. The van der Waals surface area contributed by atoms with Crippen molar-refractivity contribution in [2.75, 3.05) is 18.0 Å². The minimum atomic E-state index is -5.82. The molecule has 0 saturated heterocycles. The van der Waals surface area contributed by atoms with Crippen molar-refractivity contribution in [2.24, 2.45) is 4.40 Å². The predicted molar refractivity (Wildman–Crippen MR) is 71.5 cm³/mol. The van der Waals surface area contributed by atoms with Gasteiger partial charge < -0.3 is 10.0 Å². The van der Waals surface area contributed by atoms with Crippen molar-refractivity contribution in [1.29, 1.82) is 0 Å². The van der Waals surface area contributed by atoms with E-state index in [0.29, 0.717) is 0 Å². The summed E-state index contributed by atoms with van der Waals surface area (Å²) in [4.78, 5) is 1.96. The van der Waals surface area contributed by atoms with E-state index in [1.807, 2.05) is 18.7 Å². The van der Waals surface area contributed by atoms with Crippen LogP contribution in [-0.4, -0.2) is 32.9 Å². The Kier molecular flexibility index (Phi) is 5.21. The highest BCUT2D eigenvalue weighted by Crippen LogP contribution is 2.25. The zero-order chi connectivity index (χ0) is 16.3. The van der Waals surface area contributed by atoms with Gasteiger partial charge in [0.25, 0.3) is 0 Å². The Bertz CT molecular complexity index is 606. The van der Waals surface area contributed by atoms with Crippen molar-refractivity contribution < 1.29 is 26.7 Å². The van der Waals surface area contributed by atoms with Crippen LogP contribution in [0.25, 0.3) is 0 Å². The lowest BCUT2D eigenvalue weighted by atomic mass is 10.2. The maximum absolute atomic E-state index is 12.1. The number of rotatable bonds is 5. The van der Waals surface area contributed by atoms with Crippen LogP contribution < -0.4 is 10.0 Å². The molecule has 0 amide bonds. The third kappa shape index (κ3) is 4.10. The smallest absolute Gasteiger partial charge is 0.518 e. The summed E-state index contributed by atoms with van der Waals surface area (Å²) in [6.07, 6.45) is 0. The normalized spacial score (nSPS) is 13.3. The van der Waals surface area contributed by atoms with E-state index in [1.165, 1.54) is 24.3 Å². The van der Waals surface area contributed by atoms with E-state index in [9.17, 15) is 26.7 Å². The monoisotopic (exact) mass is 323 g/mol. The number of nitrogens with zero attached hydrogens (tertiary/aromatic N) is 2. The van der Waals surface area contributed by atoms with Gasteiger partial charge in [-0.25, -0.2) is 0 Å². The van der Waals surface area contributed by atoms with Crippen LogP contribution in [0.2, 0.25) is 0 Å². The van der Waals surface area contributed by atoms with Crippen molar-refractivity contribution in [3.8, 4) is 0 Å². The molecule has 0 saturated carbocycles. The molecule has 0 unspecified atom stereocenters. The number of sulfonamides is 1. The van der Waals surface area contributed by atoms with Gasteiger partial charge in [0, 0.05) is 24.7 Å². The van der Waals surface area contributed by atoms with Gasteiger partial charge in [0.05, 0.1) is 0 Å².